The lowest BCUT2D eigenvalue weighted by molar-refractivity contribution is 0.0914. The van der Waals surface area contributed by atoms with Gasteiger partial charge in [-0.2, -0.15) is 0 Å². The molecule has 0 radical (unpaired) electrons. The molecule has 98 valence electrons. The van der Waals surface area contributed by atoms with Gasteiger partial charge in [0.2, 0.25) is 0 Å². The minimum atomic E-state index is -0.310. The lowest BCUT2D eigenvalue weighted by Gasteiger charge is -2.15. The van der Waals surface area contributed by atoms with Gasteiger partial charge in [0.15, 0.2) is 0 Å². The first kappa shape index (κ1) is 13.6. The Morgan fingerprint density at radius 2 is 2.22 bits per heavy atom. The zero-order valence-electron chi connectivity index (χ0n) is 9.90. The van der Waals surface area contributed by atoms with E-state index in [4.69, 9.17) is 0 Å². The molecule has 1 aliphatic rings. The van der Waals surface area contributed by atoms with Crippen LogP contribution in [0.5, 0.6) is 5.75 Å². The smallest absolute Gasteiger partial charge is 0.255 e. The average Bonchev–Trinajstić information content (AvgIpc) is 2.75. The van der Waals surface area contributed by atoms with Gasteiger partial charge in [-0.1, -0.05) is 6.42 Å². The summed E-state index contributed by atoms with van der Waals surface area (Å²) in [4.78, 5) is 11.9. The van der Waals surface area contributed by atoms with Crippen LogP contribution in [0.3, 0.4) is 0 Å². The second kappa shape index (κ2) is 5.88. The first-order valence-electron chi connectivity index (χ1n) is 6.02. The van der Waals surface area contributed by atoms with Crippen molar-refractivity contribution < 1.29 is 15.0 Å². The monoisotopic (exact) mass is 361 g/mol. The van der Waals surface area contributed by atoms with Gasteiger partial charge in [0, 0.05) is 16.0 Å². The largest absolute Gasteiger partial charge is 0.507 e. The summed E-state index contributed by atoms with van der Waals surface area (Å²) in [5, 5.41) is 22.1. The molecule has 3 N–H and O–H groups in total. The molecule has 0 bridgehead atoms. The lowest BCUT2D eigenvalue weighted by Crippen LogP contribution is -2.32. The van der Waals surface area contributed by atoms with E-state index in [1.807, 2.05) is 0 Å². The molecular weight excluding hydrogens is 345 g/mol. The van der Waals surface area contributed by atoms with Crippen molar-refractivity contribution in [1.29, 1.82) is 0 Å². The van der Waals surface area contributed by atoms with E-state index in [0.29, 0.717) is 6.54 Å². The number of carbonyl (C=O) groups excluding carboxylic acids is 1. The van der Waals surface area contributed by atoms with Gasteiger partial charge in [-0.25, -0.2) is 0 Å². The number of nitrogens with one attached hydrogen (secondary N) is 1. The lowest BCUT2D eigenvalue weighted by atomic mass is 10.1. The van der Waals surface area contributed by atoms with E-state index in [1.165, 1.54) is 6.07 Å². The van der Waals surface area contributed by atoms with Crippen molar-refractivity contribution in [2.75, 3.05) is 6.54 Å². The molecule has 2 atom stereocenters. The molecule has 5 heteroatoms. The summed E-state index contributed by atoms with van der Waals surface area (Å²) in [5.74, 6) is -0.163. The molecule has 1 fully saturated rings. The number of carbonyl (C=O) groups is 1. The predicted octanol–water partition coefficient (Wildman–Crippen LogP) is 1.89. The van der Waals surface area contributed by atoms with Crippen molar-refractivity contribution in [3.8, 4) is 5.75 Å². The maximum atomic E-state index is 11.9. The van der Waals surface area contributed by atoms with Crippen molar-refractivity contribution in [3.63, 3.8) is 0 Å². The molecule has 1 aliphatic carbocycles. The number of hydrogen-bond acceptors (Lipinski definition) is 3. The predicted molar refractivity (Wildman–Crippen MR) is 76.5 cm³/mol. The summed E-state index contributed by atoms with van der Waals surface area (Å²) in [6.45, 7) is 0.463. The Morgan fingerprint density at radius 3 is 2.89 bits per heavy atom. The zero-order chi connectivity index (χ0) is 13.1. The van der Waals surface area contributed by atoms with Crippen LogP contribution in [0.4, 0.5) is 0 Å². The van der Waals surface area contributed by atoms with E-state index in [9.17, 15) is 15.0 Å². The van der Waals surface area contributed by atoms with Crippen LogP contribution in [0.15, 0.2) is 18.2 Å². The summed E-state index contributed by atoms with van der Waals surface area (Å²) in [6.07, 6.45) is 2.46. The molecule has 0 heterocycles. The summed E-state index contributed by atoms with van der Waals surface area (Å²) in [6, 6.07) is 4.91. The maximum Gasteiger partial charge on any atom is 0.255 e. The SMILES string of the molecule is O=C(NCC1CCCC1O)c1cc(I)ccc1O. The molecule has 2 unspecified atom stereocenters. The first-order chi connectivity index (χ1) is 8.58. The molecule has 0 saturated heterocycles. The van der Waals surface area contributed by atoms with Crippen LogP contribution in [0.25, 0.3) is 0 Å². The van der Waals surface area contributed by atoms with E-state index in [2.05, 4.69) is 27.9 Å². The molecule has 0 spiro atoms. The topological polar surface area (TPSA) is 69.6 Å². The molecule has 2 rings (SSSR count). The van der Waals surface area contributed by atoms with Crippen LogP contribution in [-0.2, 0) is 0 Å². The van der Waals surface area contributed by atoms with Gasteiger partial charge < -0.3 is 15.5 Å². The highest BCUT2D eigenvalue weighted by Gasteiger charge is 2.25. The fourth-order valence-electron chi connectivity index (χ4n) is 2.26. The third-order valence-corrected chi connectivity index (χ3v) is 4.02. The van der Waals surface area contributed by atoms with Gasteiger partial charge in [0.1, 0.15) is 5.75 Å². The van der Waals surface area contributed by atoms with Gasteiger partial charge in [-0.15, -0.1) is 0 Å². The van der Waals surface area contributed by atoms with Crippen LogP contribution in [0.2, 0.25) is 0 Å². The van der Waals surface area contributed by atoms with Crippen molar-refractivity contribution in [2.24, 2.45) is 5.92 Å². The van der Waals surface area contributed by atoms with Crippen molar-refractivity contribution in [3.05, 3.63) is 27.3 Å². The number of amides is 1. The van der Waals surface area contributed by atoms with Gasteiger partial charge in [0.25, 0.3) is 5.91 Å². The third-order valence-electron chi connectivity index (χ3n) is 3.35. The molecular formula is C13H16INO3. The summed E-state index contributed by atoms with van der Waals surface area (Å²) < 4.78 is 0.899. The number of rotatable bonds is 3. The van der Waals surface area contributed by atoms with Crippen molar-refractivity contribution in [1.82, 2.24) is 5.32 Å². The summed E-state index contributed by atoms with van der Waals surface area (Å²) in [7, 11) is 0. The Balaban J connectivity index is 1.97. The minimum Gasteiger partial charge on any atom is -0.507 e. The number of benzene rings is 1. The van der Waals surface area contributed by atoms with E-state index < -0.39 is 0 Å². The van der Waals surface area contributed by atoms with Gasteiger partial charge in [0.05, 0.1) is 11.7 Å². The van der Waals surface area contributed by atoms with Gasteiger partial charge in [-0.3, -0.25) is 4.79 Å². The Hall–Kier alpha value is -0.820. The Bertz CT molecular complexity index is 450. The van der Waals surface area contributed by atoms with Gasteiger partial charge >= 0.3 is 0 Å². The third kappa shape index (κ3) is 3.14. The highest BCUT2D eigenvalue weighted by atomic mass is 127. The summed E-state index contributed by atoms with van der Waals surface area (Å²) >= 11 is 2.09. The van der Waals surface area contributed by atoms with E-state index >= 15 is 0 Å². The standard InChI is InChI=1S/C13H16INO3/c14-9-4-5-12(17)10(6-9)13(18)15-7-8-2-1-3-11(8)16/h4-6,8,11,16-17H,1-3,7H2,(H,15,18). The highest BCUT2D eigenvalue weighted by molar-refractivity contribution is 14.1. The second-order valence-corrected chi connectivity index (χ2v) is 5.88. The van der Waals surface area contributed by atoms with E-state index in [1.54, 1.807) is 12.1 Å². The molecule has 4 nitrogen and oxygen atoms in total. The number of aliphatic hydroxyl groups excluding tert-OH is 1. The first-order valence-corrected chi connectivity index (χ1v) is 7.10. The fraction of sp³-hybridized carbons (Fsp3) is 0.462. The number of aromatic hydroxyl groups is 1. The molecule has 0 aliphatic heterocycles. The number of hydrogen-bond donors (Lipinski definition) is 3. The zero-order valence-corrected chi connectivity index (χ0v) is 12.1. The fourth-order valence-corrected chi connectivity index (χ4v) is 2.76. The minimum absolute atomic E-state index is 0.0140. The molecule has 1 aromatic rings. The highest BCUT2D eigenvalue weighted by Crippen LogP contribution is 2.25. The van der Waals surface area contributed by atoms with Crippen LogP contribution < -0.4 is 5.32 Å². The van der Waals surface area contributed by atoms with Crippen molar-refractivity contribution in [2.45, 2.75) is 25.4 Å². The molecule has 1 saturated carbocycles. The molecule has 1 amide bonds. The molecule has 18 heavy (non-hydrogen) atoms. The number of aliphatic hydroxyl groups is 1. The molecule has 0 aromatic heterocycles. The Labute approximate surface area is 120 Å². The van der Waals surface area contributed by atoms with Crippen LogP contribution in [0, 0.1) is 9.49 Å². The number of halogens is 1. The Morgan fingerprint density at radius 1 is 1.44 bits per heavy atom. The molecule has 1 aromatic carbocycles. The maximum absolute atomic E-state index is 11.9. The van der Waals surface area contributed by atoms with E-state index in [-0.39, 0.29) is 29.2 Å². The van der Waals surface area contributed by atoms with Crippen molar-refractivity contribution >= 4 is 28.5 Å². The van der Waals surface area contributed by atoms with Crippen LogP contribution in [0.1, 0.15) is 29.6 Å². The Kier molecular flexibility index (Phi) is 4.45. The normalized spacial score (nSPS) is 23.0. The van der Waals surface area contributed by atoms with Crippen LogP contribution in [-0.4, -0.2) is 28.8 Å². The van der Waals surface area contributed by atoms with E-state index in [0.717, 1.165) is 22.8 Å². The number of phenolic OH excluding ortho intramolecular Hbond substituents is 1. The van der Waals surface area contributed by atoms with Gasteiger partial charge in [-0.05, 0) is 53.6 Å². The average molecular weight is 361 g/mol. The quantitative estimate of drug-likeness (QED) is 0.721. The second-order valence-electron chi connectivity index (χ2n) is 4.63. The number of phenols is 1. The summed E-state index contributed by atoms with van der Waals surface area (Å²) in [5.41, 5.74) is 0.286. The van der Waals surface area contributed by atoms with Crippen LogP contribution >= 0.6 is 22.6 Å².